The first kappa shape index (κ1) is 14.3. The van der Waals surface area contributed by atoms with E-state index in [9.17, 15) is 9.18 Å². The minimum Gasteiger partial charge on any atom is -0.295 e. The van der Waals surface area contributed by atoms with Crippen LogP contribution in [0.15, 0.2) is 23.0 Å². The smallest absolute Gasteiger partial charge is 0.280 e. The summed E-state index contributed by atoms with van der Waals surface area (Å²) < 4.78 is 16.0. The van der Waals surface area contributed by atoms with E-state index in [-0.39, 0.29) is 16.6 Å². The Labute approximate surface area is 135 Å². The summed E-state index contributed by atoms with van der Waals surface area (Å²) in [6.45, 7) is 2.32. The van der Waals surface area contributed by atoms with Crippen LogP contribution in [0.25, 0.3) is 22.3 Å². The zero-order valence-corrected chi connectivity index (χ0v) is 13.1. The zero-order chi connectivity index (χ0) is 16.1. The van der Waals surface area contributed by atoms with Crippen molar-refractivity contribution in [1.82, 2.24) is 19.5 Å². The Morgan fingerprint density at radius 1 is 1.22 bits per heavy atom. The largest absolute Gasteiger partial charge is 0.295 e. The molecule has 0 N–H and O–H groups in total. The van der Waals surface area contributed by atoms with Gasteiger partial charge in [-0.05, 0) is 31.5 Å². The number of halogens is 2. The van der Waals surface area contributed by atoms with E-state index in [0.29, 0.717) is 34.4 Å². The molecule has 0 radical (unpaired) electrons. The fourth-order valence-corrected chi connectivity index (χ4v) is 3.10. The fraction of sp³-hybridized carbons (Fsp3) is 0.250. The van der Waals surface area contributed by atoms with E-state index in [4.69, 9.17) is 11.6 Å². The topological polar surface area (TPSA) is 60.7 Å². The Morgan fingerprint density at radius 2 is 2.04 bits per heavy atom. The van der Waals surface area contributed by atoms with Gasteiger partial charge in [-0.2, -0.15) is 0 Å². The summed E-state index contributed by atoms with van der Waals surface area (Å²) in [5, 5.41) is 0.301. The van der Waals surface area contributed by atoms with Crippen molar-refractivity contribution in [3.05, 3.63) is 51.0 Å². The summed E-state index contributed by atoms with van der Waals surface area (Å²) in [4.78, 5) is 25.7. The summed E-state index contributed by atoms with van der Waals surface area (Å²) >= 11 is 5.81. The molecule has 5 nitrogen and oxygen atoms in total. The number of nitrogens with zero attached hydrogens (tertiary/aromatic N) is 4. The molecule has 23 heavy (non-hydrogen) atoms. The van der Waals surface area contributed by atoms with Gasteiger partial charge in [0.2, 0.25) is 0 Å². The lowest BCUT2D eigenvalue weighted by molar-refractivity contribution is 0.631. The Balaban J connectivity index is 2.11. The van der Waals surface area contributed by atoms with E-state index in [0.717, 1.165) is 12.8 Å². The van der Waals surface area contributed by atoms with Crippen LogP contribution in [0.3, 0.4) is 0 Å². The molecule has 7 heteroatoms. The molecule has 0 spiro atoms. The Morgan fingerprint density at radius 3 is 2.83 bits per heavy atom. The number of hydrogen-bond acceptors (Lipinski definition) is 4. The average Bonchev–Trinajstić information content (AvgIpc) is 2.97. The molecule has 1 aliphatic heterocycles. The fourth-order valence-electron chi connectivity index (χ4n) is 2.94. The van der Waals surface area contributed by atoms with Crippen molar-refractivity contribution < 1.29 is 4.39 Å². The monoisotopic (exact) mass is 330 g/mol. The van der Waals surface area contributed by atoms with Crippen molar-refractivity contribution in [1.29, 1.82) is 0 Å². The van der Waals surface area contributed by atoms with E-state index < -0.39 is 5.82 Å². The average molecular weight is 331 g/mol. The van der Waals surface area contributed by atoms with Crippen molar-refractivity contribution >= 4 is 22.6 Å². The molecule has 3 heterocycles. The van der Waals surface area contributed by atoms with Crippen LogP contribution >= 0.6 is 11.6 Å². The normalized spacial score (nSPS) is 13.5. The van der Waals surface area contributed by atoms with Gasteiger partial charge >= 0.3 is 0 Å². The number of aromatic nitrogens is 4. The highest BCUT2D eigenvalue weighted by atomic mass is 35.5. The standard InChI is InChI=1S/C16H12ClFN4O/c1-8-19-13(10-5-4-9(17)7-11(10)18)14-15(20-8)16(23)22-6-2-3-12(22)21-14/h4-5,7H,2-3,6H2,1H3. The highest BCUT2D eigenvalue weighted by Gasteiger charge is 2.21. The van der Waals surface area contributed by atoms with Gasteiger partial charge in [0, 0.05) is 23.6 Å². The Hall–Kier alpha value is -2.34. The number of hydrogen-bond donors (Lipinski definition) is 0. The van der Waals surface area contributed by atoms with Crippen molar-refractivity contribution in [3.63, 3.8) is 0 Å². The van der Waals surface area contributed by atoms with Crippen molar-refractivity contribution in [3.8, 4) is 11.3 Å². The molecule has 0 atom stereocenters. The lowest BCUT2D eigenvalue weighted by Crippen LogP contribution is -2.22. The maximum Gasteiger partial charge on any atom is 0.280 e. The van der Waals surface area contributed by atoms with Crippen LogP contribution in [0.1, 0.15) is 18.1 Å². The molecule has 1 aromatic carbocycles. The van der Waals surface area contributed by atoms with Crippen LogP contribution in [0.4, 0.5) is 4.39 Å². The zero-order valence-electron chi connectivity index (χ0n) is 12.3. The summed E-state index contributed by atoms with van der Waals surface area (Å²) in [5.41, 5.74) is 0.972. The van der Waals surface area contributed by atoms with Gasteiger partial charge in [0.1, 0.15) is 28.7 Å². The molecule has 0 saturated carbocycles. The predicted octanol–water partition coefficient (Wildman–Crippen LogP) is 2.90. The van der Waals surface area contributed by atoms with Crippen LogP contribution in [0.2, 0.25) is 5.02 Å². The first-order valence-electron chi connectivity index (χ1n) is 7.28. The highest BCUT2D eigenvalue weighted by Crippen LogP contribution is 2.28. The second kappa shape index (κ2) is 5.09. The second-order valence-electron chi connectivity index (χ2n) is 5.53. The lowest BCUT2D eigenvalue weighted by atomic mass is 10.1. The SMILES string of the molecule is Cc1nc(-c2ccc(Cl)cc2F)c2nc3n(c(=O)c2n1)CCC3. The molecule has 0 saturated heterocycles. The van der Waals surface area contributed by atoms with Gasteiger partial charge in [0.05, 0.1) is 0 Å². The van der Waals surface area contributed by atoms with Crippen LogP contribution < -0.4 is 5.56 Å². The van der Waals surface area contributed by atoms with Crippen molar-refractivity contribution in [2.45, 2.75) is 26.3 Å². The number of benzene rings is 1. The molecular weight excluding hydrogens is 319 g/mol. The van der Waals surface area contributed by atoms with E-state index in [2.05, 4.69) is 15.0 Å². The Bertz CT molecular complexity index is 1020. The van der Waals surface area contributed by atoms with E-state index >= 15 is 0 Å². The second-order valence-corrected chi connectivity index (χ2v) is 5.97. The molecule has 0 bridgehead atoms. The van der Waals surface area contributed by atoms with Crippen LogP contribution in [0.5, 0.6) is 0 Å². The highest BCUT2D eigenvalue weighted by molar-refractivity contribution is 6.30. The molecule has 0 fully saturated rings. The van der Waals surface area contributed by atoms with E-state index in [1.807, 2.05) is 0 Å². The number of aryl methyl sites for hydroxylation is 2. The predicted molar refractivity (Wildman–Crippen MR) is 85.1 cm³/mol. The summed E-state index contributed by atoms with van der Waals surface area (Å²) in [6, 6.07) is 4.36. The molecule has 0 unspecified atom stereocenters. The first-order chi connectivity index (χ1) is 11.0. The third-order valence-electron chi connectivity index (χ3n) is 3.96. The van der Waals surface area contributed by atoms with Crippen LogP contribution in [0, 0.1) is 12.7 Å². The first-order valence-corrected chi connectivity index (χ1v) is 7.66. The molecule has 1 aliphatic rings. The summed E-state index contributed by atoms with van der Waals surface area (Å²) in [7, 11) is 0. The third kappa shape index (κ3) is 2.21. The van der Waals surface area contributed by atoms with Crippen molar-refractivity contribution in [2.75, 3.05) is 0 Å². The molecular formula is C16H12ClFN4O. The minimum absolute atomic E-state index is 0.191. The van der Waals surface area contributed by atoms with Gasteiger partial charge in [0.25, 0.3) is 5.56 Å². The van der Waals surface area contributed by atoms with Crippen LogP contribution in [-0.2, 0) is 13.0 Å². The van der Waals surface area contributed by atoms with Gasteiger partial charge in [-0.25, -0.2) is 19.3 Å². The maximum atomic E-state index is 14.3. The van der Waals surface area contributed by atoms with Gasteiger partial charge in [-0.1, -0.05) is 11.6 Å². The molecule has 0 aliphatic carbocycles. The van der Waals surface area contributed by atoms with Crippen LogP contribution in [-0.4, -0.2) is 19.5 Å². The maximum absolute atomic E-state index is 14.3. The number of fused-ring (bicyclic) bond motifs is 2. The number of rotatable bonds is 1. The molecule has 0 amide bonds. The van der Waals surface area contributed by atoms with Gasteiger partial charge < -0.3 is 0 Å². The van der Waals surface area contributed by atoms with E-state index in [1.165, 1.54) is 6.07 Å². The van der Waals surface area contributed by atoms with Gasteiger partial charge in [0.15, 0.2) is 5.52 Å². The summed E-state index contributed by atoms with van der Waals surface area (Å²) in [5.74, 6) is 0.601. The van der Waals surface area contributed by atoms with Crippen molar-refractivity contribution in [2.24, 2.45) is 0 Å². The molecule has 2 aromatic heterocycles. The van der Waals surface area contributed by atoms with Gasteiger partial charge in [-0.15, -0.1) is 0 Å². The minimum atomic E-state index is -0.501. The third-order valence-corrected chi connectivity index (χ3v) is 4.20. The molecule has 4 rings (SSSR count). The lowest BCUT2D eigenvalue weighted by Gasteiger charge is -2.10. The Kier molecular flexibility index (Phi) is 3.16. The van der Waals surface area contributed by atoms with E-state index in [1.54, 1.807) is 23.6 Å². The molecule has 116 valence electrons. The molecule has 3 aromatic rings. The quantitative estimate of drug-likeness (QED) is 0.688. The van der Waals surface area contributed by atoms with Gasteiger partial charge in [-0.3, -0.25) is 9.36 Å². The summed E-state index contributed by atoms with van der Waals surface area (Å²) in [6.07, 6.45) is 1.59.